The van der Waals surface area contributed by atoms with Gasteiger partial charge in [-0.25, -0.2) is 0 Å². The number of carbonyl (C=O) groups is 1. The lowest BCUT2D eigenvalue weighted by molar-refractivity contribution is -0.121. The van der Waals surface area contributed by atoms with Gasteiger partial charge in [0.15, 0.2) is 0 Å². The van der Waals surface area contributed by atoms with Gasteiger partial charge in [-0.1, -0.05) is 33.8 Å². The molecule has 0 radical (unpaired) electrons. The van der Waals surface area contributed by atoms with E-state index in [1.807, 2.05) is 19.9 Å². The molecule has 0 aromatic rings. The van der Waals surface area contributed by atoms with Crippen LogP contribution in [0.15, 0.2) is 11.8 Å². The van der Waals surface area contributed by atoms with Crippen molar-refractivity contribution in [3.63, 3.8) is 0 Å². The van der Waals surface area contributed by atoms with Gasteiger partial charge in [0.2, 0.25) is 0 Å². The van der Waals surface area contributed by atoms with Crippen LogP contribution in [0.5, 0.6) is 0 Å². The Morgan fingerprint density at radius 2 is 2.00 bits per heavy atom. The monoisotopic (exact) mass is 197 g/mol. The highest BCUT2D eigenvalue weighted by molar-refractivity contribution is 5.81. The maximum absolute atomic E-state index is 11.4. The first-order valence-corrected chi connectivity index (χ1v) is 5.57. The van der Waals surface area contributed by atoms with Gasteiger partial charge in [0, 0.05) is 24.6 Å². The third-order valence-corrected chi connectivity index (χ3v) is 2.18. The quantitative estimate of drug-likeness (QED) is 0.680. The Balaban J connectivity index is 3.97. The fourth-order valence-corrected chi connectivity index (χ4v) is 1.09. The predicted molar refractivity (Wildman–Crippen MR) is 61.1 cm³/mol. The predicted octanol–water partition coefficient (Wildman–Crippen LogP) is 2.90. The van der Waals surface area contributed by atoms with Crippen molar-refractivity contribution in [2.24, 2.45) is 5.92 Å². The molecular weight excluding hydrogens is 174 g/mol. The topological polar surface area (TPSA) is 29.1 Å². The van der Waals surface area contributed by atoms with Crippen molar-refractivity contribution in [2.45, 2.75) is 47.0 Å². The van der Waals surface area contributed by atoms with E-state index < -0.39 is 0 Å². The fraction of sp³-hybridized carbons (Fsp3) is 0.750. The molecule has 0 rings (SSSR count). The van der Waals surface area contributed by atoms with E-state index in [4.69, 9.17) is 0 Å². The SMILES string of the molecule is CCCNC(=CCC(=O)C(C)C)CC. The van der Waals surface area contributed by atoms with Gasteiger partial charge in [0.25, 0.3) is 0 Å². The third-order valence-electron chi connectivity index (χ3n) is 2.18. The number of hydrogen-bond acceptors (Lipinski definition) is 2. The summed E-state index contributed by atoms with van der Waals surface area (Å²) >= 11 is 0. The molecule has 0 bridgehead atoms. The summed E-state index contributed by atoms with van der Waals surface area (Å²) in [5.74, 6) is 0.463. The number of Topliss-reactive ketones (excluding diaryl/α,β-unsaturated/α-hetero) is 1. The number of hydrogen-bond donors (Lipinski definition) is 1. The number of nitrogens with one attached hydrogen (secondary N) is 1. The Hall–Kier alpha value is -0.790. The second-order valence-electron chi connectivity index (χ2n) is 3.83. The average molecular weight is 197 g/mol. The standard InChI is InChI=1S/C12H23NO/c1-5-9-13-11(6-2)7-8-12(14)10(3)4/h7,10,13H,5-6,8-9H2,1-4H3. The third kappa shape index (κ3) is 5.79. The minimum absolute atomic E-state index is 0.149. The van der Waals surface area contributed by atoms with Crippen LogP contribution >= 0.6 is 0 Å². The summed E-state index contributed by atoms with van der Waals surface area (Å²) in [4.78, 5) is 11.4. The average Bonchev–Trinajstić information content (AvgIpc) is 2.17. The smallest absolute Gasteiger partial charge is 0.139 e. The zero-order valence-corrected chi connectivity index (χ0v) is 9.89. The molecule has 0 amide bonds. The first-order valence-electron chi connectivity index (χ1n) is 5.57. The van der Waals surface area contributed by atoms with Gasteiger partial charge in [-0.3, -0.25) is 4.79 Å². The largest absolute Gasteiger partial charge is 0.389 e. The summed E-state index contributed by atoms with van der Waals surface area (Å²) in [6.07, 6.45) is 4.69. The Kier molecular flexibility index (Phi) is 7.17. The minimum atomic E-state index is 0.149. The Labute approximate surface area is 87.8 Å². The summed E-state index contributed by atoms with van der Waals surface area (Å²) in [6, 6.07) is 0. The summed E-state index contributed by atoms with van der Waals surface area (Å²) < 4.78 is 0. The van der Waals surface area contributed by atoms with E-state index in [1.54, 1.807) is 0 Å². The Bertz CT molecular complexity index is 194. The first kappa shape index (κ1) is 13.2. The lowest BCUT2D eigenvalue weighted by atomic mass is 10.1. The Morgan fingerprint density at radius 1 is 1.36 bits per heavy atom. The molecule has 0 aliphatic rings. The molecule has 0 unspecified atom stereocenters. The van der Waals surface area contributed by atoms with Crippen LogP contribution in [0.2, 0.25) is 0 Å². The van der Waals surface area contributed by atoms with Crippen molar-refractivity contribution in [3.8, 4) is 0 Å². The van der Waals surface area contributed by atoms with Crippen LogP contribution in [0.4, 0.5) is 0 Å². The van der Waals surface area contributed by atoms with Crippen LogP contribution in [0, 0.1) is 5.92 Å². The van der Waals surface area contributed by atoms with Crippen LogP contribution in [-0.4, -0.2) is 12.3 Å². The molecule has 14 heavy (non-hydrogen) atoms. The zero-order chi connectivity index (χ0) is 11.0. The fourth-order valence-electron chi connectivity index (χ4n) is 1.09. The molecule has 0 aromatic heterocycles. The van der Waals surface area contributed by atoms with E-state index in [1.165, 1.54) is 5.70 Å². The van der Waals surface area contributed by atoms with Gasteiger partial charge in [-0.05, 0) is 12.8 Å². The van der Waals surface area contributed by atoms with Crippen LogP contribution in [0.3, 0.4) is 0 Å². The molecule has 0 aliphatic heterocycles. The second-order valence-corrected chi connectivity index (χ2v) is 3.83. The lowest BCUT2D eigenvalue weighted by Gasteiger charge is -2.08. The van der Waals surface area contributed by atoms with E-state index in [-0.39, 0.29) is 5.92 Å². The highest BCUT2D eigenvalue weighted by Crippen LogP contribution is 2.03. The molecule has 0 spiro atoms. The van der Waals surface area contributed by atoms with E-state index >= 15 is 0 Å². The number of rotatable bonds is 7. The molecule has 0 heterocycles. The molecular formula is C12H23NO. The van der Waals surface area contributed by atoms with Crippen molar-refractivity contribution >= 4 is 5.78 Å². The van der Waals surface area contributed by atoms with E-state index in [2.05, 4.69) is 19.2 Å². The number of ketones is 1. The number of carbonyl (C=O) groups excluding carboxylic acids is 1. The van der Waals surface area contributed by atoms with Gasteiger partial charge < -0.3 is 5.32 Å². The van der Waals surface area contributed by atoms with Crippen molar-refractivity contribution in [2.75, 3.05) is 6.54 Å². The van der Waals surface area contributed by atoms with E-state index in [0.717, 1.165) is 19.4 Å². The molecule has 0 atom stereocenters. The molecule has 1 N–H and O–H groups in total. The summed E-state index contributed by atoms with van der Waals surface area (Å²) in [5.41, 5.74) is 1.20. The van der Waals surface area contributed by atoms with Crippen molar-refractivity contribution < 1.29 is 4.79 Å². The number of allylic oxidation sites excluding steroid dienone is 2. The van der Waals surface area contributed by atoms with E-state index in [0.29, 0.717) is 12.2 Å². The van der Waals surface area contributed by atoms with Crippen LogP contribution in [-0.2, 0) is 4.79 Å². The molecule has 0 saturated carbocycles. The molecule has 82 valence electrons. The first-order chi connectivity index (χ1) is 6.61. The van der Waals surface area contributed by atoms with Crippen LogP contribution in [0.25, 0.3) is 0 Å². The molecule has 2 heteroatoms. The zero-order valence-electron chi connectivity index (χ0n) is 9.89. The minimum Gasteiger partial charge on any atom is -0.389 e. The van der Waals surface area contributed by atoms with Crippen molar-refractivity contribution in [1.82, 2.24) is 5.32 Å². The van der Waals surface area contributed by atoms with Crippen LogP contribution < -0.4 is 5.32 Å². The highest BCUT2D eigenvalue weighted by atomic mass is 16.1. The maximum atomic E-state index is 11.4. The van der Waals surface area contributed by atoms with Crippen molar-refractivity contribution in [3.05, 3.63) is 11.8 Å². The van der Waals surface area contributed by atoms with Crippen LogP contribution in [0.1, 0.15) is 47.0 Å². The molecule has 0 saturated heterocycles. The maximum Gasteiger partial charge on any atom is 0.139 e. The van der Waals surface area contributed by atoms with Gasteiger partial charge in [-0.15, -0.1) is 0 Å². The second kappa shape index (κ2) is 7.60. The molecule has 0 fully saturated rings. The normalized spacial score (nSPS) is 11.9. The Morgan fingerprint density at radius 3 is 2.43 bits per heavy atom. The molecule has 0 aromatic carbocycles. The molecule has 0 aliphatic carbocycles. The lowest BCUT2D eigenvalue weighted by Crippen LogP contribution is -2.14. The van der Waals surface area contributed by atoms with E-state index in [9.17, 15) is 4.79 Å². The molecule has 2 nitrogen and oxygen atoms in total. The summed E-state index contributed by atoms with van der Waals surface area (Å²) in [5, 5.41) is 3.32. The van der Waals surface area contributed by atoms with Crippen molar-refractivity contribution in [1.29, 1.82) is 0 Å². The highest BCUT2D eigenvalue weighted by Gasteiger charge is 2.04. The summed E-state index contributed by atoms with van der Waals surface area (Å²) in [6.45, 7) is 9.13. The van der Waals surface area contributed by atoms with Gasteiger partial charge >= 0.3 is 0 Å². The van der Waals surface area contributed by atoms with Gasteiger partial charge in [0.1, 0.15) is 5.78 Å². The van der Waals surface area contributed by atoms with Gasteiger partial charge in [-0.2, -0.15) is 0 Å². The summed E-state index contributed by atoms with van der Waals surface area (Å²) in [7, 11) is 0. The van der Waals surface area contributed by atoms with Gasteiger partial charge in [0.05, 0.1) is 0 Å².